The maximum absolute atomic E-state index is 13.3. The number of nitrogens with zero attached hydrogens (tertiary/aromatic N) is 4. The van der Waals surface area contributed by atoms with Crippen LogP contribution in [0, 0.1) is 5.82 Å². The molecule has 0 atom stereocenters. The Hall–Kier alpha value is -0.950. The molecular weight excluding hydrogens is 343 g/mol. The number of tetrazole rings is 1. The van der Waals surface area contributed by atoms with E-state index in [2.05, 4.69) is 31.5 Å². The van der Waals surface area contributed by atoms with Crippen LogP contribution in [0.5, 0.6) is 0 Å². The summed E-state index contributed by atoms with van der Waals surface area (Å²) in [5.74, 6) is 0.425. The lowest BCUT2D eigenvalue weighted by atomic mass is 10.2. The van der Waals surface area contributed by atoms with Crippen LogP contribution in [-0.4, -0.2) is 20.2 Å². The van der Waals surface area contributed by atoms with Crippen molar-refractivity contribution in [1.29, 1.82) is 0 Å². The zero-order valence-electron chi connectivity index (χ0n) is 10.8. The summed E-state index contributed by atoms with van der Waals surface area (Å²) in [7, 11) is 0. The average molecular weight is 357 g/mol. The lowest BCUT2D eigenvalue weighted by molar-refractivity contribution is 0.423. The van der Waals surface area contributed by atoms with Gasteiger partial charge in [-0.15, -0.1) is 5.10 Å². The number of rotatable bonds is 4. The molecule has 0 amide bonds. The van der Waals surface area contributed by atoms with Gasteiger partial charge in [-0.25, -0.2) is 9.07 Å². The first-order valence-electron chi connectivity index (χ1n) is 6.58. The van der Waals surface area contributed by atoms with Crippen LogP contribution >= 0.6 is 27.7 Å². The summed E-state index contributed by atoms with van der Waals surface area (Å²) in [5.41, 5.74) is 0.919. The molecule has 1 saturated carbocycles. The molecule has 0 unspecified atom stereocenters. The predicted octanol–water partition coefficient (Wildman–Crippen LogP) is 3.98. The molecule has 1 aromatic heterocycles. The van der Waals surface area contributed by atoms with E-state index in [1.807, 2.05) is 10.7 Å². The molecule has 0 aliphatic heterocycles. The highest BCUT2D eigenvalue weighted by molar-refractivity contribution is 9.10. The summed E-state index contributed by atoms with van der Waals surface area (Å²) in [6, 6.07) is 5.34. The van der Waals surface area contributed by atoms with Crippen LogP contribution in [0.3, 0.4) is 0 Å². The van der Waals surface area contributed by atoms with Gasteiger partial charge in [-0.05, 0) is 47.0 Å². The van der Waals surface area contributed by atoms with Gasteiger partial charge in [-0.3, -0.25) is 0 Å². The van der Waals surface area contributed by atoms with Crippen molar-refractivity contribution in [1.82, 2.24) is 20.2 Å². The zero-order valence-corrected chi connectivity index (χ0v) is 13.2. The standard InChI is InChI=1S/C13H14BrFN4S/c14-10-5-9(6-11(15)7-10)8-20-13-16-17-18-19(13)12-3-1-2-4-12/h5-7,12H,1-4,8H2. The highest BCUT2D eigenvalue weighted by atomic mass is 79.9. The van der Waals surface area contributed by atoms with E-state index >= 15 is 0 Å². The van der Waals surface area contributed by atoms with Gasteiger partial charge in [0.15, 0.2) is 0 Å². The second-order valence-corrected chi connectivity index (χ2v) is 6.77. The maximum atomic E-state index is 13.3. The quantitative estimate of drug-likeness (QED) is 0.777. The second-order valence-electron chi connectivity index (χ2n) is 4.91. The van der Waals surface area contributed by atoms with Crippen molar-refractivity contribution in [3.63, 3.8) is 0 Å². The number of hydrogen-bond acceptors (Lipinski definition) is 4. The molecule has 0 bridgehead atoms. The van der Waals surface area contributed by atoms with E-state index in [0.29, 0.717) is 11.8 Å². The Morgan fingerprint density at radius 3 is 2.85 bits per heavy atom. The van der Waals surface area contributed by atoms with Crippen molar-refractivity contribution in [3.05, 3.63) is 34.1 Å². The van der Waals surface area contributed by atoms with Crippen molar-refractivity contribution in [2.75, 3.05) is 0 Å². The molecule has 0 saturated heterocycles. The molecule has 7 heteroatoms. The Balaban J connectivity index is 1.70. The van der Waals surface area contributed by atoms with E-state index < -0.39 is 0 Å². The van der Waals surface area contributed by atoms with E-state index in [1.165, 1.54) is 18.9 Å². The normalized spacial score (nSPS) is 15.9. The summed E-state index contributed by atoms with van der Waals surface area (Å²) in [5, 5.41) is 12.8. The molecule has 1 fully saturated rings. The molecule has 4 nitrogen and oxygen atoms in total. The molecule has 1 aliphatic carbocycles. The molecule has 0 N–H and O–H groups in total. The summed E-state index contributed by atoms with van der Waals surface area (Å²) < 4.78 is 16.0. The summed E-state index contributed by atoms with van der Waals surface area (Å²) in [6.07, 6.45) is 4.77. The molecule has 20 heavy (non-hydrogen) atoms. The van der Waals surface area contributed by atoms with Gasteiger partial charge in [0.1, 0.15) is 5.82 Å². The Bertz CT molecular complexity index is 578. The fourth-order valence-corrected chi connectivity index (χ4v) is 3.89. The van der Waals surface area contributed by atoms with Crippen molar-refractivity contribution in [2.45, 2.75) is 42.6 Å². The fraction of sp³-hybridized carbons (Fsp3) is 0.462. The van der Waals surface area contributed by atoms with Gasteiger partial charge in [0.25, 0.3) is 0 Å². The van der Waals surface area contributed by atoms with E-state index in [-0.39, 0.29) is 5.82 Å². The molecule has 3 rings (SSSR count). The van der Waals surface area contributed by atoms with Gasteiger partial charge >= 0.3 is 0 Å². The molecular formula is C13H14BrFN4S. The molecule has 0 radical (unpaired) electrons. The Kier molecular flexibility index (Phi) is 4.35. The van der Waals surface area contributed by atoms with E-state index in [1.54, 1.807) is 17.8 Å². The lowest BCUT2D eigenvalue weighted by Crippen LogP contribution is -2.08. The summed E-state index contributed by atoms with van der Waals surface area (Å²) in [6.45, 7) is 0. The SMILES string of the molecule is Fc1cc(Br)cc(CSc2nnnn2C2CCCC2)c1. The first-order chi connectivity index (χ1) is 9.72. The van der Waals surface area contributed by atoms with Crippen LogP contribution in [0.4, 0.5) is 4.39 Å². The maximum Gasteiger partial charge on any atom is 0.209 e. The van der Waals surface area contributed by atoms with Gasteiger partial charge in [0, 0.05) is 10.2 Å². The molecule has 106 valence electrons. The van der Waals surface area contributed by atoms with Gasteiger partial charge in [-0.2, -0.15) is 0 Å². The van der Waals surface area contributed by atoms with Gasteiger partial charge in [0.05, 0.1) is 6.04 Å². The monoisotopic (exact) mass is 356 g/mol. The third kappa shape index (κ3) is 3.20. The zero-order chi connectivity index (χ0) is 13.9. The first kappa shape index (κ1) is 14.0. The van der Waals surface area contributed by atoms with Crippen molar-refractivity contribution in [2.24, 2.45) is 0 Å². The van der Waals surface area contributed by atoms with Gasteiger partial charge in [-0.1, -0.05) is 40.5 Å². The first-order valence-corrected chi connectivity index (χ1v) is 8.36. The Morgan fingerprint density at radius 2 is 2.10 bits per heavy atom. The van der Waals surface area contributed by atoms with Crippen LogP contribution in [0.1, 0.15) is 37.3 Å². The third-order valence-corrected chi connectivity index (χ3v) is 4.89. The van der Waals surface area contributed by atoms with Crippen LogP contribution in [0.2, 0.25) is 0 Å². The minimum Gasteiger partial charge on any atom is -0.217 e. The number of halogens is 2. The van der Waals surface area contributed by atoms with E-state index in [4.69, 9.17) is 0 Å². The molecule has 1 aliphatic rings. The van der Waals surface area contributed by atoms with Gasteiger partial charge in [0.2, 0.25) is 5.16 Å². The Morgan fingerprint density at radius 1 is 1.30 bits per heavy atom. The molecule has 1 aromatic carbocycles. The number of benzene rings is 1. The molecule has 1 heterocycles. The average Bonchev–Trinajstić information content (AvgIpc) is 3.06. The minimum absolute atomic E-state index is 0.231. The largest absolute Gasteiger partial charge is 0.217 e. The third-order valence-electron chi connectivity index (χ3n) is 3.42. The number of aromatic nitrogens is 4. The molecule has 0 spiro atoms. The highest BCUT2D eigenvalue weighted by Crippen LogP contribution is 2.32. The Labute approximate surface area is 129 Å². The van der Waals surface area contributed by atoms with Crippen molar-refractivity contribution in [3.8, 4) is 0 Å². The van der Waals surface area contributed by atoms with Crippen molar-refractivity contribution >= 4 is 27.7 Å². The lowest BCUT2D eigenvalue weighted by Gasteiger charge is -2.10. The van der Waals surface area contributed by atoms with Gasteiger partial charge < -0.3 is 0 Å². The summed E-state index contributed by atoms with van der Waals surface area (Å²) >= 11 is 4.86. The van der Waals surface area contributed by atoms with E-state index in [0.717, 1.165) is 28.0 Å². The van der Waals surface area contributed by atoms with Crippen LogP contribution in [0.15, 0.2) is 27.8 Å². The molecule has 2 aromatic rings. The minimum atomic E-state index is -0.231. The predicted molar refractivity (Wildman–Crippen MR) is 79.0 cm³/mol. The van der Waals surface area contributed by atoms with Crippen LogP contribution in [-0.2, 0) is 5.75 Å². The van der Waals surface area contributed by atoms with Crippen LogP contribution < -0.4 is 0 Å². The van der Waals surface area contributed by atoms with E-state index in [9.17, 15) is 4.39 Å². The second kappa shape index (κ2) is 6.22. The highest BCUT2D eigenvalue weighted by Gasteiger charge is 2.21. The summed E-state index contributed by atoms with van der Waals surface area (Å²) in [4.78, 5) is 0. The number of hydrogen-bond donors (Lipinski definition) is 0. The van der Waals surface area contributed by atoms with Crippen molar-refractivity contribution < 1.29 is 4.39 Å². The fourth-order valence-electron chi connectivity index (χ4n) is 2.50. The smallest absolute Gasteiger partial charge is 0.209 e. The number of thioether (sulfide) groups is 1. The topological polar surface area (TPSA) is 43.6 Å². The van der Waals surface area contributed by atoms with Crippen LogP contribution in [0.25, 0.3) is 0 Å².